The van der Waals surface area contributed by atoms with Crippen LogP contribution < -0.4 is 5.01 Å². The number of thiazole rings is 1. The summed E-state index contributed by atoms with van der Waals surface area (Å²) in [4.78, 5) is 28.4. The standard InChI is InChI=1S/C20H10FN5O3S2/c21-14-5-7-16-17(9-14)31-20(24-16)25(19(27)13-3-1-12(10-22)2-4-13)23-11-15-6-8-18(30-15)26(28)29/h1-9,11H/b23-11+. The zero-order chi connectivity index (χ0) is 22.0. The van der Waals surface area contributed by atoms with Crippen molar-refractivity contribution in [3.05, 3.63) is 86.5 Å². The van der Waals surface area contributed by atoms with Gasteiger partial charge in [0.15, 0.2) is 0 Å². The molecule has 2 aromatic heterocycles. The number of thiophene rings is 1. The number of amides is 1. The molecule has 31 heavy (non-hydrogen) atoms. The maximum atomic E-state index is 13.6. The molecule has 0 unspecified atom stereocenters. The van der Waals surface area contributed by atoms with Crippen molar-refractivity contribution in [1.82, 2.24) is 4.98 Å². The Morgan fingerprint density at radius 1 is 1.19 bits per heavy atom. The Bertz CT molecular complexity index is 1370. The van der Waals surface area contributed by atoms with Crippen molar-refractivity contribution in [3.63, 3.8) is 0 Å². The molecular formula is C20H10FN5O3S2. The van der Waals surface area contributed by atoms with Gasteiger partial charge in [0.2, 0.25) is 5.13 Å². The minimum absolute atomic E-state index is 0.0538. The van der Waals surface area contributed by atoms with Crippen LogP contribution in [0.4, 0.5) is 14.5 Å². The first-order chi connectivity index (χ1) is 14.9. The molecule has 0 saturated carbocycles. The largest absolute Gasteiger partial charge is 0.324 e. The molecule has 0 N–H and O–H groups in total. The van der Waals surface area contributed by atoms with E-state index in [-0.39, 0.29) is 15.7 Å². The molecule has 0 aliphatic carbocycles. The number of hydrogen-bond donors (Lipinski definition) is 0. The molecule has 11 heteroatoms. The summed E-state index contributed by atoms with van der Waals surface area (Å²) in [6.07, 6.45) is 1.33. The molecule has 0 atom stereocenters. The highest BCUT2D eigenvalue weighted by atomic mass is 32.1. The molecular weight excluding hydrogens is 441 g/mol. The summed E-state index contributed by atoms with van der Waals surface area (Å²) in [7, 11) is 0. The van der Waals surface area contributed by atoms with Gasteiger partial charge in [-0.1, -0.05) is 22.7 Å². The van der Waals surface area contributed by atoms with E-state index in [1.807, 2.05) is 6.07 Å². The number of hydrazone groups is 1. The van der Waals surface area contributed by atoms with E-state index in [1.165, 1.54) is 60.8 Å². The number of carbonyl (C=O) groups excluding carboxylic acids is 1. The number of anilines is 1. The van der Waals surface area contributed by atoms with Crippen LogP contribution in [0.25, 0.3) is 10.2 Å². The van der Waals surface area contributed by atoms with E-state index in [0.29, 0.717) is 20.7 Å². The van der Waals surface area contributed by atoms with E-state index < -0.39 is 16.6 Å². The maximum Gasteiger partial charge on any atom is 0.324 e. The Morgan fingerprint density at radius 2 is 1.97 bits per heavy atom. The fourth-order valence-corrected chi connectivity index (χ4v) is 4.23. The SMILES string of the molecule is N#Cc1ccc(C(=O)N(/N=C/c2ccc([N+](=O)[O-])s2)c2nc3ccc(F)cc3s2)cc1. The summed E-state index contributed by atoms with van der Waals surface area (Å²) in [5.74, 6) is -0.951. The van der Waals surface area contributed by atoms with E-state index in [2.05, 4.69) is 10.1 Å². The van der Waals surface area contributed by atoms with Crippen LogP contribution in [0.15, 0.2) is 59.7 Å². The van der Waals surface area contributed by atoms with Crippen LogP contribution in [0.2, 0.25) is 0 Å². The number of aromatic nitrogens is 1. The predicted octanol–water partition coefficient (Wildman–Crippen LogP) is 4.96. The second kappa shape index (κ2) is 8.39. The van der Waals surface area contributed by atoms with Crippen molar-refractivity contribution in [1.29, 1.82) is 5.26 Å². The summed E-state index contributed by atoms with van der Waals surface area (Å²) in [5.41, 5.74) is 1.16. The number of hydrogen-bond acceptors (Lipinski definition) is 8. The Balaban J connectivity index is 1.74. The number of carbonyl (C=O) groups is 1. The number of nitrogens with zero attached hydrogens (tertiary/aromatic N) is 5. The van der Waals surface area contributed by atoms with Crippen molar-refractivity contribution < 1.29 is 14.1 Å². The number of fused-ring (bicyclic) bond motifs is 1. The molecule has 4 aromatic rings. The van der Waals surface area contributed by atoms with Crippen molar-refractivity contribution in [2.45, 2.75) is 0 Å². The van der Waals surface area contributed by atoms with Crippen LogP contribution in [-0.4, -0.2) is 22.0 Å². The van der Waals surface area contributed by atoms with Crippen LogP contribution in [0.5, 0.6) is 0 Å². The minimum Gasteiger partial charge on any atom is -0.267 e. The van der Waals surface area contributed by atoms with Crippen LogP contribution in [0.1, 0.15) is 20.8 Å². The highest BCUT2D eigenvalue weighted by Gasteiger charge is 2.21. The summed E-state index contributed by atoms with van der Waals surface area (Å²) in [6, 6.07) is 14.9. The van der Waals surface area contributed by atoms with Crippen molar-refractivity contribution in [2.75, 3.05) is 5.01 Å². The number of nitro groups is 1. The van der Waals surface area contributed by atoms with Crippen LogP contribution in [0, 0.1) is 27.3 Å². The first-order valence-corrected chi connectivity index (χ1v) is 10.3. The summed E-state index contributed by atoms with van der Waals surface area (Å²) >= 11 is 1.99. The molecule has 8 nitrogen and oxygen atoms in total. The molecule has 0 saturated heterocycles. The third-order valence-corrected chi connectivity index (χ3v) is 6.03. The van der Waals surface area contributed by atoms with Gasteiger partial charge in [-0.2, -0.15) is 15.4 Å². The molecule has 4 rings (SSSR count). The van der Waals surface area contributed by atoms with E-state index in [0.717, 1.165) is 27.7 Å². The molecule has 0 aliphatic heterocycles. The molecule has 2 aromatic carbocycles. The topological polar surface area (TPSA) is 112 Å². The zero-order valence-electron chi connectivity index (χ0n) is 15.4. The Morgan fingerprint density at radius 3 is 2.65 bits per heavy atom. The van der Waals surface area contributed by atoms with Gasteiger partial charge < -0.3 is 0 Å². The lowest BCUT2D eigenvalue weighted by atomic mass is 10.1. The van der Waals surface area contributed by atoms with E-state index >= 15 is 0 Å². The molecule has 0 fully saturated rings. The minimum atomic E-state index is -0.522. The molecule has 152 valence electrons. The van der Waals surface area contributed by atoms with Gasteiger partial charge in [0.25, 0.3) is 5.91 Å². The quantitative estimate of drug-likeness (QED) is 0.242. The van der Waals surface area contributed by atoms with Crippen LogP contribution >= 0.6 is 22.7 Å². The molecule has 0 spiro atoms. The number of rotatable bonds is 5. The third-order valence-electron chi connectivity index (χ3n) is 4.07. The van der Waals surface area contributed by atoms with Gasteiger partial charge in [0, 0.05) is 11.6 Å². The fraction of sp³-hybridized carbons (Fsp3) is 0. The molecule has 1 amide bonds. The first-order valence-electron chi connectivity index (χ1n) is 8.63. The van der Waals surface area contributed by atoms with Crippen LogP contribution in [-0.2, 0) is 0 Å². The van der Waals surface area contributed by atoms with Gasteiger partial charge in [-0.25, -0.2) is 9.37 Å². The van der Waals surface area contributed by atoms with Gasteiger partial charge >= 0.3 is 5.00 Å². The lowest BCUT2D eigenvalue weighted by Crippen LogP contribution is -2.25. The zero-order valence-corrected chi connectivity index (χ0v) is 17.1. The smallest absolute Gasteiger partial charge is 0.267 e. The average Bonchev–Trinajstić information content (AvgIpc) is 3.41. The van der Waals surface area contributed by atoms with Gasteiger partial charge in [-0.15, -0.1) is 0 Å². The molecule has 2 heterocycles. The predicted molar refractivity (Wildman–Crippen MR) is 116 cm³/mol. The normalized spacial score (nSPS) is 11.0. The summed E-state index contributed by atoms with van der Waals surface area (Å²) in [5, 5.41) is 25.3. The van der Waals surface area contributed by atoms with Gasteiger partial charge in [0.1, 0.15) is 5.82 Å². The lowest BCUT2D eigenvalue weighted by Gasteiger charge is -2.13. The Labute approximate surface area is 182 Å². The highest BCUT2D eigenvalue weighted by Crippen LogP contribution is 2.31. The average molecular weight is 451 g/mol. The number of benzene rings is 2. The molecule has 0 bridgehead atoms. The van der Waals surface area contributed by atoms with E-state index in [9.17, 15) is 19.3 Å². The van der Waals surface area contributed by atoms with Gasteiger partial charge in [0.05, 0.1) is 37.9 Å². The molecule has 0 radical (unpaired) electrons. The maximum absolute atomic E-state index is 13.6. The second-order valence-corrected chi connectivity index (χ2v) is 8.20. The summed E-state index contributed by atoms with van der Waals surface area (Å²) < 4.78 is 14.1. The van der Waals surface area contributed by atoms with Crippen LogP contribution in [0.3, 0.4) is 0 Å². The van der Waals surface area contributed by atoms with Crippen molar-refractivity contribution in [3.8, 4) is 6.07 Å². The van der Waals surface area contributed by atoms with Crippen molar-refractivity contribution in [2.24, 2.45) is 5.10 Å². The Kier molecular flexibility index (Phi) is 5.48. The van der Waals surface area contributed by atoms with E-state index in [1.54, 1.807) is 0 Å². The van der Waals surface area contributed by atoms with Gasteiger partial charge in [-0.05, 0) is 48.5 Å². The monoisotopic (exact) mass is 451 g/mol. The Hall–Kier alpha value is -4.01. The van der Waals surface area contributed by atoms with Gasteiger partial charge in [-0.3, -0.25) is 14.9 Å². The number of nitriles is 1. The fourth-order valence-electron chi connectivity index (χ4n) is 2.60. The van der Waals surface area contributed by atoms with Crippen molar-refractivity contribution >= 4 is 55.1 Å². The second-order valence-electron chi connectivity index (χ2n) is 6.09. The first kappa shape index (κ1) is 20.3. The number of halogens is 1. The highest BCUT2D eigenvalue weighted by molar-refractivity contribution is 7.22. The van der Waals surface area contributed by atoms with E-state index in [4.69, 9.17) is 5.26 Å². The summed E-state index contributed by atoms with van der Waals surface area (Å²) in [6.45, 7) is 0. The lowest BCUT2D eigenvalue weighted by molar-refractivity contribution is -0.380. The third kappa shape index (κ3) is 4.30. The molecule has 0 aliphatic rings.